The van der Waals surface area contributed by atoms with Gasteiger partial charge in [-0.05, 0) is 37.5 Å². The first-order valence-corrected chi connectivity index (χ1v) is 10.2. The number of aliphatic imine (C=N–C) groups is 1. The van der Waals surface area contributed by atoms with Gasteiger partial charge in [-0.25, -0.2) is 4.98 Å². The van der Waals surface area contributed by atoms with Crippen molar-refractivity contribution in [3.05, 3.63) is 77.7 Å². The van der Waals surface area contributed by atoms with Crippen LogP contribution in [0.25, 0.3) is 11.5 Å². The fourth-order valence-corrected chi connectivity index (χ4v) is 3.54. The second-order valence-corrected chi connectivity index (χ2v) is 7.76. The highest BCUT2D eigenvalue weighted by Gasteiger charge is 2.43. The second-order valence-electron chi connectivity index (χ2n) is 7.76. The van der Waals surface area contributed by atoms with Gasteiger partial charge in [0.05, 0.1) is 5.69 Å². The normalized spacial score (nSPS) is 14.7. The predicted octanol–water partition coefficient (Wildman–Crippen LogP) is 4.71. The number of hydrogen-bond acceptors (Lipinski definition) is 3. The zero-order valence-electron chi connectivity index (χ0n) is 17.5. The van der Waals surface area contributed by atoms with Crippen molar-refractivity contribution in [2.24, 2.45) is 4.99 Å². The van der Waals surface area contributed by atoms with Crippen LogP contribution in [0.2, 0.25) is 0 Å². The van der Waals surface area contributed by atoms with E-state index in [1.165, 1.54) is 24.0 Å². The molecule has 3 aromatic rings. The van der Waals surface area contributed by atoms with Crippen LogP contribution in [0.1, 0.15) is 29.7 Å². The Morgan fingerprint density at radius 3 is 2.47 bits per heavy atom. The van der Waals surface area contributed by atoms with Crippen molar-refractivity contribution in [2.45, 2.75) is 31.6 Å². The first-order chi connectivity index (χ1) is 14.2. The number of guanidine groups is 1. The van der Waals surface area contributed by atoms with Crippen LogP contribution in [-0.4, -0.2) is 31.1 Å². The molecule has 0 saturated heterocycles. The third-order valence-corrected chi connectivity index (χ3v) is 5.58. The van der Waals surface area contributed by atoms with E-state index >= 15 is 0 Å². The summed E-state index contributed by atoms with van der Waals surface area (Å²) in [5, 5.41) is 6.87. The predicted molar refractivity (Wildman–Crippen MR) is 133 cm³/mol. The van der Waals surface area contributed by atoms with Gasteiger partial charge in [-0.2, -0.15) is 0 Å². The maximum Gasteiger partial charge on any atom is 0.226 e. The minimum Gasteiger partial charge on any atom is -0.444 e. The number of nitrogens with zero attached hydrogens (tertiary/aromatic N) is 2. The molecule has 0 amide bonds. The van der Waals surface area contributed by atoms with Gasteiger partial charge in [-0.1, -0.05) is 48.0 Å². The Morgan fingerprint density at radius 2 is 1.80 bits per heavy atom. The lowest BCUT2D eigenvalue weighted by Gasteiger charge is -2.19. The minimum absolute atomic E-state index is 0. The van der Waals surface area contributed by atoms with Crippen molar-refractivity contribution >= 4 is 29.9 Å². The van der Waals surface area contributed by atoms with E-state index < -0.39 is 0 Å². The van der Waals surface area contributed by atoms with Crippen LogP contribution in [-0.2, 0) is 11.8 Å². The molecule has 0 spiro atoms. The van der Waals surface area contributed by atoms with E-state index in [1.54, 1.807) is 6.26 Å². The summed E-state index contributed by atoms with van der Waals surface area (Å²) in [4.78, 5) is 8.96. The number of hydrogen-bond donors (Lipinski definition) is 2. The van der Waals surface area contributed by atoms with Crippen LogP contribution in [0.5, 0.6) is 0 Å². The number of oxazole rings is 1. The number of aromatic nitrogens is 1. The average molecular weight is 516 g/mol. The summed E-state index contributed by atoms with van der Waals surface area (Å²) in [6, 6.07) is 19.0. The number of halogens is 1. The third-order valence-electron chi connectivity index (χ3n) is 5.58. The summed E-state index contributed by atoms with van der Waals surface area (Å²) in [6.45, 7) is 3.72. The topological polar surface area (TPSA) is 62.5 Å². The molecule has 6 heteroatoms. The van der Waals surface area contributed by atoms with Crippen molar-refractivity contribution in [1.82, 2.24) is 15.6 Å². The molecule has 0 unspecified atom stereocenters. The van der Waals surface area contributed by atoms with Gasteiger partial charge in [0.1, 0.15) is 6.26 Å². The van der Waals surface area contributed by atoms with Gasteiger partial charge >= 0.3 is 0 Å². The molecule has 0 atom stereocenters. The van der Waals surface area contributed by atoms with Crippen LogP contribution < -0.4 is 10.6 Å². The lowest BCUT2D eigenvalue weighted by Crippen LogP contribution is -2.42. The Kier molecular flexibility index (Phi) is 7.53. The SMILES string of the molecule is CN=C(NCCc1coc(-c2ccc(C)cc2)n1)NCC1(c2ccccc2)CC1.I. The molecule has 2 aromatic carbocycles. The lowest BCUT2D eigenvalue weighted by atomic mass is 9.96. The van der Waals surface area contributed by atoms with Gasteiger partial charge in [0.15, 0.2) is 5.96 Å². The number of rotatable bonds is 7. The monoisotopic (exact) mass is 516 g/mol. The molecule has 1 aliphatic carbocycles. The van der Waals surface area contributed by atoms with Crippen LogP contribution >= 0.6 is 24.0 Å². The molecule has 1 aliphatic rings. The highest BCUT2D eigenvalue weighted by molar-refractivity contribution is 14.0. The van der Waals surface area contributed by atoms with E-state index in [0.29, 0.717) is 5.89 Å². The highest BCUT2D eigenvalue weighted by Crippen LogP contribution is 2.47. The van der Waals surface area contributed by atoms with E-state index in [0.717, 1.165) is 36.7 Å². The fraction of sp³-hybridized carbons (Fsp3) is 0.333. The Balaban J connectivity index is 0.00000256. The summed E-state index contributed by atoms with van der Waals surface area (Å²) >= 11 is 0. The largest absolute Gasteiger partial charge is 0.444 e. The zero-order valence-corrected chi connectivity index (χ0v) is 19.9. The smallest absolute Gasteiger partial charge is 0.226 e. The van der Waals surface area contributed by atoms with Crippen LogP contribution in [0.15, 0.2) is 70.3 Å². The van der Waals surface area contributed by atoms with Gasteiger partial charge < -0.3 is 15.1 Å². The number of benzene rings is 2. The molecule has 4 rings (SSSR count). The van der Waals surface area contributed by atoms with Gasteiger partial charge in [0, 0.05) is 37.5 Å². The van der Waals surface area contributed by atoms with Gasteiger partial charge in [-0.3, -0.25) is 4.99 Å². The van der Waals surface area contributed by atoms with E-state index in [2.05, 4.69) is 70.0 Å². The third kappa shape index (κ3) is 5.41. The van der Waals surface area contributed by atoms with Gasteiger partial charge in [0.2, 0.25) is 5.89 Å². The summed E-state index contributed by atoms with van der Waals surface area (Å²) in [6.07, 6.45) is 4.96. The van der Waals surface area contributed by atoms with Crippen LogP contribution in [0.3, 0.4) is 0 Å². The van der Waals surface area contributed by atoms with E-state index in [-0.39, 0.29) is 29.4 Å². The Bertz CT molecular complexity index is 962. The summed E-state index contributed by atoms with van der Waals surface area (Å²) in [5.74, 6) is 1.50. The molecule has 0 radical (unpaired) electrons. The first kappa shape index (κ1) is 22.3. The Morgan fingerprint density at radius 1 is 1.07 bits per heavy atom. The van der Waals surface area contributed by atoms with Crippen molar-refractivity contribution in [1.29, 1.82) is 0 Å². The summed E-state index contributed by atoms with van der Waals surface area (Å²) in [5.41, 5.74) is 4.83. The second kappa shape index (κ2) is 10.1. The molecule has 5 nitrogen and oxygen atoms in total. The minimum atomic E-state index is 0. The van der Waals surface area contributed by atoms with E-state index in [9.17, 15) is 0 Å². The molecular weight excluding hydrogens is 487 g/mol. The van der Waals surface area contributed by atoms with E-state index in [4.69, 9.17) is 4.42 Å². The number of aryl methyl sites for hydroxylation is 1. The standard InChI is InChI=1S/C24H28N4O.HI/c1-18-8-10-19(11-9-18)22-28-21(16-29-22)12-15-26-23(25-2)27-17-24(13-14-24)20-6-4-3-5-7-20;/h3-11,16H,12-15,17H2,1-2H3,(H2,25,26,27);1H. The van der Waals surface area contributed by atoms with Crippen LogP contribution in [0.4, 0.5) is 0 Å². The molecule has 30 heavy (non-hydrogen) atoms. The molecule has 1 aromatic heterocycles. The van der Waals surface area contributed by atoms with Crippen LogP contribution in [0, 0.1) is 6.92 Å². The van der Waals surface area contributed by atoms with Crippen molar-refractivity contribution in [2.75, 3.05) is 20.1 Å². The van der Waals surface area contributed by atoms with Gasteiger partial charge in [0.25, 0.3) is 0 Å². The average Bonchev–Trinajstić information content (AvgIpc) is 3.41. The molecule has 1 saturated carbocycles. The highest BCUT2D eigenvalue weighted by atomic mass is 127. The number of nitrogens with one attached hydrogen (secondary N) is 2. The molecule has 1 heterocycles. The molecule has 1 fully saturated rings. The molecule has 158 valence electrons. The van der Waals surface area contributed by atoms with Gasteiger partial charge in [-0.15, -0.1) is 24.0 Å². The maximum atomic E-state index is 5.64. The summed E-state index contributed by atoms with van der Waals surface area (Å²) < 4.78 is 5.64. The lowest BCUT2D eigenvalue weighted by molar-refractivity contribution is 0.572. The van der Waals surface area contributed by atoms with Crippen molar-refractivity contribution in [3.8, 4) is 11.5 Å². The Hall–Kier alpha value is -2.35. The summed E-state index contributed by atoms with van der Waals surface area (Å²) in [7, 11) is 1.81. The molecular formula is C24H29IN4O. The fourth-order valence-electron chi connectivity index (χ4n) is 3.54. The quantitative estimate of drug-likeness (QED) is 0.272. The molecule has 0 bridgehead atoms. The first-order valence-electron chi connectivity index (χ1n) is 10.2. The maximum absolute atomic E-state index is 5.64. The molecule has 2 N–H and O–H groups in total. The molecule has 0 aliphatic heterocycles. The Labute approximate surface area is 195 Å². The zero-order chi connectivity index (χ0) is 20.1. The van der Waals surface area contributed by atoms with Crippen molar-refractivity contribution in [3.63, 3.8) is 0 Å². The van der Waals surface area contributed by atoms with E-state index in [1.807, 2.05) is 19.2 Å². The van der Waals surface area contributed by atoms with Crippen molar-refractivity contribution < 1.29 is 4.42 Å².